The second-order valence-corrected chi connectivity index (χ2v) is 11.5. The van der Waals surface area contributed by atoms with Crippen LogP contribution in [0.4, 0.5) is 0 Å². The number of phenolic OH excluding ortho intramolecular Hbond substituents is 2. The normalized spacial score (nSPS) is 15.9. The summed E-state index contributed by atoms with van der Waals surface area (Å²) >= 11 is 0. The maximum absolute atomic E-state index is 11.0. The van der Waals surface area contributed by atoms with Crippen LogP contribution < -0.4 is 0 Å². The van der Waals surface area contributed by atoms with Crippen LogP contribution in [0.25, 0.3) is 0 Å². The van der Waals surface area contributed by atoms with Gasteiger partial charge in [0.15, 0.2) is 0 Å². The van der Waals surface area contributed by atoms with E-state index in [9.17, 15) is 10.2 Å². The third-order valence-electron chi connectivity index (χ3n) is 7.15. The first-order chi connectivity index (χ1) is 16.0. The van der Waals surface area contributed by atoms with Crippen LogP contribution in [0, 0.1) is 0 Å². The zero-order valence-electron chi connectivity index (χ0n) is 22.7. The van der Waals surface area contributed by atoms with E-state index in [4.69, 9.17) is 0 Å². The summed E-state index contributed by atoms with van der Waals surface area (Å²) in [6, 6.07) is 8.77. The Bertz CT molecular complexity index is 949. The lowest BCUT2D eigenvalue weighted by Crippen LogP contribution is -2.43. The molecule has 4 nitrogen and oxygen atoms in total. The highest BCUT2D eigenvalue weighted by atomic mass is 16.3. The number of hydrogen-bond donors (Lipinski definition) is 2. The topological polar surface area (TPSA) is 46.9 Å². The minimum Gasteiger partial charge on any atom is -0.507 e. The Morgan fingerprint density at radius 1 is 0.647 bits per heavy atom. The van der Waals surface area contributed by atoms with E-state index in [1.165, 1.54) is 11.1 Å². The number of rotatable bonds is 8. The summed E-state index contributed by atoms with van der Waals surface area (Å²) in [5.74, 6) is 2.27. The van der Waals surface area contributed by atoms with Crippen LogP contribution in [-0.2, 0) is 13.1 Å². The van der Waals surface area contributed by atoms with Gasteiger partial charge in [-0.2, -0.15) is 0 Å². The minimum atomic E-state index is 0.293. The highest BCUT2D eigenvalue weighted by molar-refractivity contribution is 5.47. The summed E-state index contributed by atoms with van der Waals surface area (Å²) in [6.45, 7) is 22.0. The maximum atomic E-state index is 11.0. The van der Waals surface area contributed by atoms with Gasteiger partial charge in [-0.15, -0.1) is 0 Å². The van der Waals surface area contributed by atoms with Crippen LogP contribution in [0.1, 0.15) is 119 Å². The van der Waals surface area contributed by atoms with E-state index >= 15 is 0 Å². The molecule has 0 saturated carbocycles. The van der Waals surface area contributed by atoms with E-state index < -0.39 is 0 Å². The fourth-order valence-corrected chi connectivity index (χ4v) is 5.05. The summed E-state index contributed by atoms with van der Waals surface area (Å²) in [4.78, 5) is 4.96. The van der Waals surface area contributed by atoms with E-state index in [-0.39, 0.29) is 0 Å². The quantitative estimate of drug-likeness (QED) is 0.430. The lowest BCUT2D eigenvalue weighted by atomic mass is 9.91. The molecule has 2 aromatic carbocycles. The lowest BCUT2D eigenvalue weighted by Gasteiger charge is -2.36. The first kappa shape index (κ1) is 26.6. The van der Waals surface area contributed by atoms with Gasteiger partial charge in [-0.25, -0.2) is 0 Å². The number of aromatic hydroxyl groups is 2. The summed E-state index contributed by atoms with van der Waals surface area (Å²) in [5.41, 5.74) is 6.78. The molecule has 1 aliphatic heterocycles. The van der Waals surface area contributed by atoms with Gasteiger partial charge in [0.1, 0.15) is 11.5 Å². The molecule has 0 amide bonds. The fourth-order valence-electron chi connectivity index (χ4n) is 5.05. The maximum Gasteiger partial charge on any atom is 0.123 e. The van der Waals surface area contributed by atoms with Gasteiger partial charge >= 0.3 is 0 Å². The molecular formula is C30H46N2O2. The van der Waals surface area contributed by atoms with Gasteiger partial charge in [0.25, 0.3) is 0 Å². The fraction of sp³-hybridized carbons (Fsp3) is 0.600. The van der Waals surface area contributed by atoms with Gasteiger partial charge in [-0.05, 0) is 57.9 Å². The lowest BCUT2D eigenvalue weighted by molar-refractivity contribution is 0.0739. The van der Waals surface area contributed by atoms with Gasteiger partial charge < -0.3 is 10.2 Å². The molecule has 3 rings (SSSR count). The first-order valence-electron chi connectivity index (χ1n) is 13.1. The second kappa shape index (κ2) is 11.1. The number of hydrogen-bond acceptors (Lipinski definition) is 4. The van der Waals surface area contributed by atoms with Crippen LogP contribution >= 0.6 is 0 Å². The van der Waals surface area contributed by atoms with Crippen molar-refractivity contribution in [2.24, 2.45) is 0 Å². The molecule has 34 heavy (non-hydrogen) atoms. The smallest absolute Gasteiger partial charge is 0.123 e. The molecule has 1 heterocycles. The zero-order valence-corrected chi connectivity index (χ0v) is 22.7. The molecule has 1 aliphatic rings. The Hall–Kier alpha value is -2.04. The number of phenols is 2. The predicted molar refractivity (Wildman–Crippen MR) is 143 cm³/mol. The van der Waals surface area contributed by atoms with E-state index in [2.05, 4.69) is 89.5 Å². The Morgan fingerprint density at radius 2 is 1.15 bits per heavy atom. The van der Waals surface area contributed by atoms with Crippen molar-refractivity contribution < 1.29 is 10.2 Å². The van der Waals surface area contributed by atoms with Crippen molar-refractivity contribution in [2.75, 3.05) is 19.8 Å². The highest BCUT2D eigenvalue weighted by Gasteiger charge is 2.22. The zero-order chi connectivity index (χ0) is 25.2. The van der Waals surface area contributed by atoms with Crippen molar-refractivity contribution >= 4 is 0 Å². The van der Waals surface area contributed by atoms with Gasteiger partial charge in [0, 0.05) is 31.7 Å². The third-order valence-corrected chi connectivity index (χ3v) is 7.15. The van der Waals surface area contributed by atoms with Gasteiger partial charge in [-0.1, -0.05) is 79.7 Å². The Morgan fingerprint density at radius 3 is 1.65 bits per heavy atom. The molecule has 0 aromatic heterocycles. The van der Waals surface area contributed by atoms with Crippen molar-refractivity contribution in [2.45, 2.75) is 98.6 Å². The van der Waals surface area contributed by atoms with Crippen LogP contribution in [0.15, 0.2) is 24.3 Å². The number of benzene rings is 2. The minimum absolute atomic E-state index is 0.293. The molecule has 0 unspecified atom stereocenters. The molecule has 2 N–H and O–H groups in total. The monoisotopic (exact) mass is 466 g/mol. The van der Waals surface area contributed by atoms with E-state index in [1.54, 1.807) is 0 Å². The predicted octanol–water partition coefficient (Wildman–Crippen LogP) is 7.26. The van der Waals surface area contributed by atoms with E-state index in [1.807, 2.05) is 0 Å². The molecule has 0 spiro atoms. The van der Waals surface area contributed by atoms with Crippen LogP contribution in [0.2, 0.25) is 0 Å². The van der Waals surface area contributed by atoms with Crippen LogP contribution in [-0.4, -0.2) is 39.8 Å². The average Bonchev–Trinajstić information content (AvgIpc) is 2.75. The van der Waals surface area contributed by atoms with Gasteiger partial charge in [-0.3, -0.25) is 9.80 Å². The molecule has 1 fully saturated rings. The summed E-state index contributed by atoms with van der Waals surface area (Å²) in [5, 5.41) is 21.8. The SMILES string of the molecule is CC(C)c1cc(CN2CCCN(Cc3cc(C(C)C)c(O)c(C(C)C)c3)C2)c(O)c(C(C)C)c1. The summed E-state index contributed by atoms with van der Waals surface area (Å²) in [7, 11) is 0. The Labute approximate surface area is 207 Å². The van der Waals surface area contributed by atoms with Crippen molar-refractivity contribution in [1.82, 2.24) is 9.80 Å². The first-order valence-corrected chi connectivity index (χ1v) is 13.1. The highest BCUT2D eigenvalue weighted by Crippen LogP contribution is 2.36. The van der Waals surface area contributed by atoms with Crippen molar-refractivity contribution in [1.29, 1.82) is 0 Å². The Kier molecular flexibility index (Phi) is 8.70. The van der Waals surface area contributed by atoms with Crippen LogP contribution in [0.5, 0.6) is 11.5 Å². The number of nitrogens with zero attached hydrogens (tertiary/aromatic N) is 2. The second-order valence-electron chi connectivity index (χ2n) is 11.5. The van der Waals surface area contributed by atoms with Gasteiger partial charge in [0.05, 0.1) is 6.67 Å². The van der Waals surface area contributed by atoms with Crippen molar-refractivity contribution in [3.63, 3.8) is 0 Å². The van der Waals surface area contributed by atoms with E-state index in [0.717, 1.165) is 61.5 Å². The largest absolute Gasteiger partial charge is 0.507 e. The van der Waals surface area contributed by atoms with Crippen LogP contribution in [0.3, 0.4) is 0 Å². The molecule has 2 aromatic rings. The van der Waals surface area contributed by atoms with E-state index in [0.29, 0.717) is 35.2 Å². The summed E-state index contributed by atoms with van der Waals surface area (Å²) < 4.78 is 0. The third kappa shape index (κ3) is 6.14. The molecular weight excluding hydrogens is 420 g/mol. The molecule has 188 valence electrons. The van der Waals surface area contributed by atoms with Crippen molar-refractivity contribution in [3.05, 3.63) is 57.6 Å². The Balaban J connectivity index is 1.80. The summed E-state index contributed by atoms with van der Waals surface area (Å²) in [6.07, 6.45) is 1.12. The average molecular weight is 467 g/mol. The van der Waals surface area contributed by atoms with Crippen molar-refractivity contribution in [3.8, 4) is 11.5 Å². The van der Waals surface area contributed by atoms with Gasteiger partial charge in [0.2, 0.25) is 0 Å². The standard InChI is InChI=1S/C30H46N2O2/c1-19(2)24-14-25(29(33)28(15-24)22(7)8)17-32-11-9-10-31(18-32)16-23-12-26(20(3)4)30(34)27(13-23)21(5)6/h12-15,19-22,33-34H,9-11,16-18H2,1-8H3. The molecule has 1 saturated heterocycles. The molecule has 4 heteroatoms. The molecule has 0 radical (unpaired) electrons. The molecule has 0 bridgehead atoms. The molecule has 0 aliphatic carbocycles. The molecule has 0 atom stereocenters.